The first-order valence-corrected chi connectivity index (χ1v) is 6.98. The Hall–Kier alpha value is -0.820. The van der Waals surface area contributed by atoms with E-state index in [1.54, 1.807) is 12.7 Å². The predicted molar refractivity (Wildman–Crippen MR) is 72.5 cm³/mol. The minimum Gasteiger partial charge on any atom is -0.385 e. The molecule has 1 saturated carbocycles. The standard InChI is InChI=1S/C16H24O/c1-17-13-5-6-14-9-11-16(12-10-14)15-7-3-2-4-8-15/h9-12,15H,2-8,13H2,1H3. The first-order valence-electron chi connectivity index (χ1n) is 6.98. The van der Waals surface area contributed by atoms with Gasteiger partial charge >= 0.3 is 0 Å². The van der Waals surface area contributed by atoms with Gasteiger partial charge in [0.05, 0.1) is 0 Å². The van der Waals surface area contributed by atoms with Crippen LogP contribution in [0, 0.1) is 0 Å². The number of methoxy groups -OCH3 is 1. The average molecular weight is 232 g/mol. The molecule has 1 aliphatic carbocycles. The van der Waals surface area contributed by atoms with Crippen LogP contribution in [0.1, 0.15) is 55.6 Å². The SMILES string of the molecule is COCCCc1ccc(C2CCCCC2)cc1. The fourth-order valence-corrected chi connectivity index (χ4v) is 2.81. The van der Waals surface area contributed by atoms with Crippen LogP contribution in [0.4, 0.5) is 0 Å². The van der Waals surface area contributed by atoms with Crippen molar-refractivity contribution in [3.05, 3.63) is 35.4 Å². The first kappa shape index (κ1) is 12.6. The van der Waals surface area contributed by atoms with Crippen molar-refractivity contribution in [1.82, 2.24) is 0 Å². The minimum atomic E-state index is 0.830. The van der Waals surface area contributed by atoms with Gasteiger partial charge in [-0.1, -0.05) is 43.5 Å². The molecule has 1 aromatic carbocycles. The lowest BCUT2D eigenvalue weighted by Gasteiger charge is -2.22. The minimum absolute atomic E-state index is 0.830. The van der Waals surface area contributed by atoms with Gasteiger partial charge in [0, 0.05) is 13.7 Å². The highest BCUT2D eigenvalue weighted by Crippen LogP contribution is 2.32. The van der Waals surface area contributed by atoms with E-state index in [9.17, 15) is 0 Å². The Balaban J connectivity index is 1.88. The van der Waals surface area contributed by atoms with Crippen LogP contribution in [0.15, 0.2) is 24.3 Å². The molecule has 0 amide bonds. The second-order valence-corrected chi connectivity index (χ2v) is 5.17. The molecular weight excluding hydrogens is 208 g/mol. The summed E-state index contributed by atoms with van der Waals surface area (Å²) >= 11 is 0. The van der Waals surface area contributed by atoms with Crippen molar-refractivity contribution in [2.45, 2.75) is 50.9 Å². The smallest absolute Gasteiger partial charge is 0.0465 e. The molecule has 0 atom stereocenters. The van der Waals surface area contributed by atoms with E-state index in [2.05, 4.69) is 24.3 Å². The molecule has 1 aliphatic rings. The number of rotatable bonds is 5. The lowest BCUT2D eigenvalue weighted by atomic mass is 9.84. The Morgan fingerprint density at radius 1 is 1.06 bits per heavy atom. The van der Waals surface area contributed by atoms with Gasteiger partial charge in [-0.25, -0.2) is 0 Å². The van der Waals surface area contributed by atoms with Gasteiger partial charge in [0.2, 0.25) is 0 Å². The number of hydrogen-bond acceptors (Lipinski definition) is 1. The van der Waals surface area contributed by atoms with Gasteiger partial charge in [0.25, 0.3) is 0 Å². The van der Waals surface area contributed by atoms with E-state index in [0.717, 1.165) is 25.4 Å². The summed E-state index contributed by atoms with van der Waals surface area (Å²) in [5.41, 5.74) is 3.00. The Bertz CT molecular complexity index is 309. The summed E-state index contributed by atoms with van der Waals surface area (Å²) in [4.78, 5) is 0. The van der Waals surface area contributed by atoms with Gasteiger partial charge in [-0.05, 0) is 42.7 Å². The van der Waals surface area contributed by atoms with Crippen LogP contribution < -0.4 is 0 Å². The fourth-order valence-electron chi connectivity index (χ4n) is 2.81. The zero-order chi connectivity index (χ0) is 11.9. The zero-order valence-corrected chi connectivity index (χ0v) is 11.0. The second-order valence-electron chi connectivity index (χ2n) is 5.17. The molecule has 1 nitrogen and oxygen atoms in total. The Kier molecular flexibility index (Phi) is 5.06. The molecule has 0 heterocycles. The maximum absolute atomic E-state index is 5.08. The molecule has 1 aromatic rings. The average Bonchev–Trinajstić information content (AvgIpc) is 2.41. The molecule has 0 saturated heterocycles. The molecule has 94 valence electrons. The highest BCUT2D eigenvalue weighted by atomic mass is 16.5. The lowest BCUT2D eigenvalue weighted by Crippen LogP contribution is -2.04. The number of benzene rings is 1. The molecule has 0 spiro atoms. The molecule has 1 heteroatoms. The number of hydrogen-bond donors (Lipinski definition) is 0. The number of aryl methyl sites for hydroxylation is 1. The van der Waals surface area contributed by atoms with E-state index >= 15 is 0 Å². The van der Waals surface area contributed by atoms with Gasteiger partial charge in [-0.15, -0.1) is 0 Å². The van der Waals surface area contributed by atoms with Crippen LogP contribution in [0.3, 0.4) is 0 Å². The van der Waals surface area contributed by atoms with Gasteiger partial charge in [-0.3, -0.25) is 0 Å². The Morgan fingerprint density at radius 2 is 1.76 bits per heavy atom. The molecule has 0 radical (unpaired) electrons. The molecule has 0 bridgehead atoms. The van der Waals surface area contributed by atoms with Crippen LogP contribution in [-0.2, 0) is 11.2 Å². The number of ether oxygens (including phenoxy) is 1. The van der Waals surface area contributed by atoms with Crippen LogP contribution in [0.25, 0.3) is 0 Å². The van der Waals surface area contributed by atoms with E-state index < -0.39 is 0 Å². The maximum atomic E-state index is 5.08. The van der Waals surface area contributed by atoms with Crippen molar-refractivity contribution in [1.29, 1.82) is 0 Å². The van der Waals surface area contributed by atoms with Crippen molar-refractivity contribution in [3.63, 3.8) is 0 Å². The van der Waals surface area contributed by atoms with Gasteiger partial charge in [0.1, 0.15) is 0 Å². The molecule has 0 aliphatic heterocycles. The molecule has 17 heavy (non-hydrogen) atoms. The highest BCUT2D eigenvalue weighted by Gasteiger charge is 2.14. The van der Waals surface area contributed by atoms with E-state index in [-0.39, 0.29) is 0 Å². The van der Waals surface area contributed by atoms with Crippen molar-refractivity contribution in [2.75, 3.05) is 13.7 Å². The van der Waals surface area contributed by atoms with Gasteiger partial charge in [-0.2, -0.15) is 0 Å². The normalized spacial score (nSPS) is 17.2. The first-order chi connectivity index (χ1) is 8.40. The third kappa shape index (κ3) is 3.85. The molecule has 0 aromatic heterocycles. The van der Waals surface area contributed by atoms with Crippen molar-refractivity contribution in [3.8, 4) is 0 Å². The van der Waals surface area contributed by atoms with E-state index in [1.165, 1.54) is 37.7 Å². The van der Waals surface area contributed by atoms with Crippen molar-refractivity contribution in [2.24, 2.45) is 0 Å². The van der Waals surface area contributed by atoms with Crippen molar-refractivity contribution >= 4 is 0 Å². The van der Waals surface area contributed by atoms with E-state index in [1.807, 2.05) is 0 Å². The third-order valence-electron chi connectivity index (χ3n) is 3.87. The summed E-state index contributed by atoms with van der Waals surface area (Å²) < 4.78 is 5.08. The monoisotopic (exact) mass is 232 g/mol. The van der Waals surface area contributed by atoms with Crippen LogP contribution in [0.2, 0.25) is 0 Å². The molecule has 2 rings (SSSR count). The fraction of sp³-hybridized carbons (Fsp3) is 0.625. The van der Waals surface area contributed by atoms with Gasteiger partial charge in [0.15, 0.2) is 0 Å². The zero-order valence-electron chi connectivity index (χ0n) is 11.0. The third-order valence-corrected chi connectivity index (χ3v) is 3.87. The second kappa shape index (κ2) is 6.80. The largest absolute Gasteiger partial charge is 0.385 e. The molecule has 0 unspecified atom stereocenters. The summed E-state index contributed by atoms with van der Waals surface area (Å²) in [6.07, 6.45) is 9.32. The summed E-state index contributed by atoms with van der Waals surface area (Å²) in [5.74, 6) is 0.830. The van der Waals surface area contributed by atoms with E-state index in [4.69, 9.17) is 4.74 Å². The molecular formula is C16H24O. The lowest BCUT2D eigenvalue weighted by molar-refractivity contribution is 0.195. The quantitative estimate of drug-likeness (QED) is 0.687. The van der Waals surface area contributed by atoms with Crippen molar-refractivity contribution < 1.29 is 4.74 Å². The van der Waals surface area contributed by atoms with Gasteiger partial charge < -0.3 is 4.74 Å². The highest BCUT2D eigenvalue weighted by molar-refractivity contribution is 5.25. The van der Waals surface area contributed by atoms with Crippen LogP contribution >= 0.6 is 0 Å². The predicted octanol–water partition coefficient (Wildman–Crippen LogP) is 4.31. The van der Waals surface area contributed by atoms with Crippen LogP contribution in [-0.4, -0.2) is 13.7 Å². The summed E-state index contributed by atoms with van der Waals surface area (Å²) in [6.45, 7) is 0.865. The van der Waals surface area contributed by atoms with E-state index in [0.29, 0.717) is 0 Å². The summed E-state index contributed by atoms with van der Waals surface area (Å²) in [6, 6.07) is 9.30. The summed E-state index contributed by atoms with van der Waals surface area (Å²) in [5, 5.41) is 0. The molecule has 1 fully saturated rings. The summed E-state index contributed by atoms with van der Waals surface area (Å²) in [7, 11) is 1.77. The Labute approximate surface area is 105 Å². The Morgan fingerprint density at radius 3 is 2.41 bits per heavy atom. The maximum Gasteiger partial charge on any atom is 0.0465 e. The van der Waals surface area contributed by atoms with Crippen LogP contribution in [0.5, 0.6) is 0 Å². The molecule has 0 N–H and O–H groups in total. The topological polar surface area (TPSA) is 9.23 Å².